The first-order valence-electron chi connectivity index (χ1n) is 3.25. The van der Waals surface area contributed by atoms with Crippen molar-refractivity contribution in [3.05, 3.63) is 18.2 Å². The van der Waals surface area contributed by atoms with Gasteiger partial charge in [-0.25, -0.2) is 0 Å². The minimum atomic E-state index is -3.70. The number of aromatic nitrogens is 2. The summed E-state index contributed by atoms with van der Waals surface area (Å²) < 4.78 is 30.2. The van der Waals surface area contributed by atoms with E-state index < -0.39 is 9.05 Å². The molecule has 0 aliphatic heterocycles. The van der Waals surface area contributed by atoms with Crippen molar-refractivity contribution < 1.29 is 8.42 Å². The summed E-state index contributed by atoms with van der Waals surface area (Å²) in [5, 5.41) is 0. The van der Waals surface area contributed by atoms with Crippen LogP contribution in [0, 0.1) is 0 Å². The fourth-order valence-electron chi connectivity index (χ4n) is 0.978. The van der Waals surface area contributed by atoms with Gasteiger partial charge in [-0.05, 0) is 0 Å². The molecule has 0 aliphatic carbocycles. The van der Waals surface area contributed by atoms with Crippen LogP contribution in [-0.4, -0.2) is 31.3 Å². The van der Waals surface area contributed by atoms with Crippen LogP contribution in [0.5, 0.6) is 0 Å². The molecule has 0 bridgehead atoms. The van der Waals surface area contributed by atoms with E-state index in [9.17, 15) is 8.42 Å². The van der Waals surface area contributed by atoms with E-state index in [1.54, 1.807) is 12.1 Å². The molecule has 0 atom stereocenters. The standard InChI is InChI=1S/C6H3ClN2O2SSe/c7-12(10,11)5-3-1-2-4-6(5)9-13-8-4/h1-3H. The summed E-state index contributed by atoms with van der Waals surface area (Å²) in [5.41, 5.74) is 1.01. The molecule has 2 rings (SSSR count). The molecule has 0 saturated carbocycles. The Bertz CT molecular complexity index is 551. The maximum absolute atomic E-state index is 11.1. The van der Waals surface area contributed by atoms with Gasteiger partial charge in [0.1, 0.15) is 0 Å². The molecule has 0 spiro atoms. The summed E-state index contributed by atoms with van der Waals surface area (Å²) in [6, 6.07) is 4.76. The van der Waals surface area contributed by atoms with Crippen molar-refractivity contribution in [2.75, 3.05) is 0 Å². The Morgan fingerprint density at radius 2 is 2.08 bits per heavy atom. The summed E-state index contributed by atoms with van der Waals surface area (Å²) in [5.74, 6) is 0. The van der Waals surface area contributed by atoms with Gasteiger partial charge in [-0.1, -0.05) is 0 Å². The van der Waals surface area contributed by atoms with Gasteiger partial charge in [0, 0.05) is 0 Å². The van der Waals surface area contributed by atoms with Crippen LogP contribution in [0.15, 0.2) is 23.1 Å². The molecule has 1 aromatic heterocycles. The van der Waals surface area contributed by atoms with Crippen molar-refractivity contribution in [3.63, 3.8) is 0 Å². The van der Waals surface area contributed by atoms with Crippen molar-refractivity contribution in [3.8, 4) is 0 Å². The average Bonchev–Trinajstić information content (AvgIpc) is 2.48. The van der Waals surface area contributed by atoms with Crippen LogP contribution in [0.25, 0.3) is 11.0 Å². The summed E-state index contributed by atoms with van der Waals surface area (Å²) >= 11 is -0.236. The minimum absolute atomic E-state index is 0.0507. The third-order valence-electron chi connectivity index (χ3n) is 1.51. The Morgan fingerprint density at radius 1 is 1.31 bits per heavy atom. The zero-order chi connectivity index (χ0) is 9.47. The van der Waals surface area contributed by atoms with Crippen molar-refractivity contribution >= 4 is 45.7 Å². The number of nitrogens with zero attached hydrogens (tertiary/aromatic N) is 2. The third kappa shape index (κ3) is 1.62. The van der Waals surface area contributed by atoms with Crippen LogP contribution in [-0.2, 0) is 9.05 Å². The van der Waals surface area contributed by atoms with Gasteiger partial charge in [-0.15, -0.1) is 0 Å². The molecule has 2 aromatic rings. The molecule has 0 unspecified atom stereocenters. The summed E-state index contributed by atoms with van der Waals surface area (Å²) in [6.45, 7) is 0. The van der Waals surface area contributed by atoms with Crippen LogP contribution in [0.2, 0.25) is 0 Å². The molecule has 1 heterocycles. The van der Waals surface area contributed by atoms with E-state index in [0.29, 0.717) is 11.0 Å². The molecule has 0 aliphatic rings. The molecule has 0 fully saturated rings. The molecule has 1 aromatic carbocycles. The molecule has 0 radical (unpaired) electrons. The topological polar surface area (TPSA) is 59.9 Å². The zero-order valence-electron chi connectivity index (χ0n) is 6.14. The first-order valence-corrected chi connectivity index (χ1v) is 7.09. The number of hydrogen-bond donors (Lipinski definition) is 0. The van der Waals surface area contributed by atoms with Gasteiger partial charge in [-0.2, -0.15) is 0 Å². The van der Waals surface area contributed by atoms with E-state index in [1.807, 2.05) is 0 Å². The quantitative estimate of drug-likeness (QED) is 0.568. The molecule has 4 nitrogen and oxygen atoms in total. The second kappa shape index (κ2) is 3.06. The van der Waals surface area contributed by atoms with Crippen molar-refractivity contribution in [1.82, 2.24) is 7.96 Å². The van der Waals surface area contributed by atoms with Gasteiger partial charge in [-0.3, -0.25) is 0 Å². The number of fused-ring (bicyclic) bond motifs is 1. The van der Waals surface area contributed by atoms with E-state index in [0.717, 1.165) is 0 Å². The Morgan fingerprint density at radius 3 is 2.77 bits per heavy atom. The first kappa shape index (κ1) is 9.15. The molecule has 7 heteroatoms. The van der Waals surface area contributed by atoms with Crippen LogP contribution < -0.4 is 0 Å². The molecule has 13 heavy (non-hydrogen) atoms. The molecule has 0 saturated heterocycles. The second-order valence-corrected chi connectivity index (χ2v) is 5.97. The van der Waals surface area contributed by atoms with Crippen LogP contribution in [0.1, 0.15) is 0 Å². The van der Waals surface area contributed by atoms with Crippen LogP contribution in [0.4, 0.5) is 0 Å². The summed E-state index contributed by atoms with van der Waals surface area (Å²) in [6.07, 6.45) is 0. The third-order valence-corrected chi connectivity index (χ3v) is 4.00. The van der Waals surface area contributed by atoms with E-state index in [-0.39, 0.29) is 19.9 Å². The van der Waals surface area contributed by atoms with Crippen LogP contribution >= 0.6 is 10.7 Å². The number of rotatable bonds is 1. The number of hydrogen-bond acceptors (Lipinski definition) is 4. The molecular weight excluding hydrogens is 279 g/mol. The van der Waals surface area contributed by atoms with Gasteiger partial charge < -0.3 is 0 Å². The zero-order valence-corrected chi connectivity index (χ0v) is 9.42. The Balaban J connectivity index is 2.91. The van der Waals surface area contributed by atoms with Gasteiger partial charge in [0.15, 0.2) is 0 Å². The maximum atomic E-state index is 11.1. The number of benzene rings is 1. The van der Waals surface area contributed by atoms with E-state index in [4.69, 9.17) is 10.7 Å². The van der Waals surface area contributed by atoms with E-state index in [2.05, 4.69) is 7.96 Å². The van der Waals surface area contributed by atoms with Gasteiger partial charge in [0.2, 0.25) is 0 Å². The molecule has 0 amide bonds. The van der Waals surface area contributed by atoms with Crippen molar-refractivity contribution in [2.24, 2.45) is 0 Å². The van der Waals surface area contributed by atoms with Gasteiger partial charge >= 0.3 is 85.2 Å². The van der Waals surface area contributed by atoms with E-state index in [1.165, 1.54) is 6.07 Å². The normalized spacial score (nSPS) is 12.1. The number of halogens is 1. The first-order chi connectivity index (χ1) is 6.09. The monoisotopic (exact) mass is 282 g/mol. The summed E-state index contributed by atoms with van der Waals surface area (Å²) in [7, 11) is 1.52. The summed E-state index contributed by atoms with van der Waals surface area (Å²) in [4.78, 5) is 0.0507. The average molecular weight is 282 g/mol. The second-order valence-electron chi connectivity index (χ2n) is 2.33. The Kier molecular flexibility index (Phi) is 2.15. The molecular formula is C6H3ClN2O2SSe. The van der Waals surface area contributed by atoms with Crippen molar-refractivity contribution in [1.29, 1.82) is 0 Å². The van der Waals surface area contributed by atoms with E-state index >= 15 is 0 Å². The predicted octanol–water partition coefficient (Wildman–Crippen LogP) is 0.614. The fraction of sp³-hybridized carbons (Fsp3) is 0. The SMILES string of the molecule is O=S(=O)(Cl)c1cccc2n[se]nc12. The fourth-order valence-corrected chi connectivity index (χ4v) is 3.26. The Labute approximate surface area is 85.2 Å². The van der Waals surface area contributed by atoms with Gasteiger partial charge in [0.25, 0.3) is 0 Å². The van der Waals surface area contributed by atoms with Gasteiger partial charge in [0.05, 0.1) is 0 Å². The molecule has 68 valence electrons. The molecule has 0 N–H and O–H groups in total. The Hall–Kier alpha value is -0.421. The van der Waals surface area contributed by atoms with Crippen molar-refractivity contribution in [2.45, 2.75) is 4.90 Å². The predicted molar refractivity (Wildman–Crippen MR) is 49.5 cm³/mol. The van der Waals surface area contributed by atoms with Crippen LogP contribution in [0.3, 0.4) is 0 Å².